The average Bonchev–Trinajstić information content (AvgIpc) is 2.93. The Hall–Kier alpha value is -4.15. The molecule has 1 N–H and O–H groups in total. The number of sulfonamides is 1. The van der Waals surface area contributed by atoms with Crippen LogP contribution in [-0.2, 0) is 15.4 Å². The van der Waals surface area contributed by atoms with E-state index in [9.17, 15) is 8.42 Å². The topological polar surface area (TPSA) is 46.2 Å². The molecule has 5 rings (SSSR count). The van der Waals surface area contributed by atoms with Crippen molar-refractivity contribution in [3.8, 4) is 0 Å². The molecule has 0 saturated carbocycles. The van der Waals surface area contributed by atoms with Crippen molar-refractivity contribution in [1.29, 1.82) is 0 Å². The third-order valence-corrected chi connectivity index (χ3v) is 7.96. The molecule has 0 bridgehead atoms. The molecule has 0 radical (unpaired) electrons. The number of benzene rings is 5. The second-order valence-corrected chi connectivity index (χ2v) is 10.5. The van der Waals surface area contributed by atoms with Crippen LogP contribution in [0.3, 0.4) is 0 Å². The van der Waals surface area contributed by atoms with Crippen molar-refractivity contribution in [3.05, 3.63) is 167 Å². The van der Waals surface area contributed by atoms with Gasteiger partial charge in [-0.1, -0.05) is 121 Å². The number of nitrogens with one attached hydrogen (secondary N) is 1. The second-order valence-electron chi connectivity index (χ2n) is 8.80. The molecule has 0 amide bonds. The number of hydrogen-bond donors (Lipinski definition) is 1. The molecular weight excluding hydrogens is 462 g/mol. The fraction of sp³-hybridized carbons (Fsp3) is 0.0625. The minimum atomic E-state index is -3.69. The highest BCUT2D eigenvalue weighted by Gasteiger charge is 2.38. The van der Waals surface area contributed by atoms with Crippen LogP contribution < -0.4 is 4.72 Å². The standard InChI is InChI=1S/C32H27NO2S/c1-25-24-29(22-23-31(25)33-36(34,35)30-20-12-5-13-21-30)32(26-14-6-2-7-15-26,27-16-8-3-9-17-27)28-18-10-4-11-19-28/h2-24,33H,1H3. The van der Waals surface area contributed by atoms with Crippen molar-refractivity contribution >= 4 is 15.7 Å². The summed E-state index contributed by atoms with van der Waals surface area (Å²) in [5.41, 5.74) is 5.31. The maximum absolute atomic E-state index is 13.0. The van der Waals surface area contributed by atoms with Crippen molar-refractivity contribution in [1.82, 2.24) is 0 Å². The molecule has 0 aromatic heterocycles. The molecule has 5 aromatic rings. The molecule has 0 atom stereocenters. The molecule has 0 spiro atoms. The van der Waals surface area contributed by atoms with Gasteiger partial charge < -0.3 is 0 Å². The molecular formula is C32H27NO2S. The third kappa shape index (κ3) is 4.32. The predicted molar refractivity (Wildman–Crippen MR) is 147 cm³/mol. The number of aryl methyl sites for hydroxylation is 1. The van der Waals surface area contributed by atoms with E-state index < -0.39 is 15.4 Å². The zero-order chi connectivity index (χ0) is 25.0. The Labute approximate surface area is 213 Å². The van der Waals surface area contributed by atoms with E-state index in [1.54, 1.807) is 30.3 Å². The van der Waals surface area contributed by atoms with Crippen LogP contribution in [0.4, 0.5) is 5.69 Å². The summed E-state index contributed by atoms with van der Waals surface area (Å²) in [5.74, 6) is 0. The lowest BCUT2D eigenvalue weighted by atomic mass is 9.65. The molecule has 0 aliphatic carbocycles. The Bertz CT molecular complexity index is 1450. The molecule has 0 aliphatic rings. The van der Waals surface area contributed by atoms with Crippen LogP contribution in [0.2, 0.25) is 0 Å². The first-order valence-electron chi connectivity index (χ1n) is 11.9. The molecule has 3 nitrogen and oxygen atoms in total. The number of hydrogen-bond acceptors (Lipinski definition) is 2. The van der Waals surface area contributed by atoms with Gasteiger partial charge in [0.05, 0.1) is 16.0 Å². The minimum absolute atomic E-state index is 0.237. The van der Waals surface area contributed by atoms with E-state index >= 15 is 0 Å². The van der Waals surface area contributed by atoms with Gasteiger partial charge in [-0.25, -0.2) is 8.42 Å². The van der Waals surface area contributed by atoms with Gasteiger partial charge in [-0.05, 0) is 52.9 Å². The van der Waals surface area contributed by atoms with Gasteiger partial charge in [0.2, 0.25) is 0 Å². The quantitative estimate of drug-likeness (QED) is 0.246. The van der Waals surface area contributed by atoms with Gasteiger partial charge in [-0.3, -0.25) is 4.72 Å². The van der Waals surface area contributed by atoms with Gasteiger partial charge in [0.25, 0.3) is 10.0 Å². The van der Waals surface area contributed by atoms with Crippen LogP contribution in [0, 0.1) is 6.92 Å². The summed E-state index contributed by atoms with van der Waals surface area (Å²) in [7, 11) is -3.69. The first-order chi connectivity index (χ1) is 17.5. The SMILES string of the molecule is Cc1cc(C(c2ccccc2)(c2ccccc2)c2ccccc2)ccc1NS(=O)(=O)c1ccccc1. The summed E-state index contributed by atoms with van der Waals surface area (Å²) in [4.78, 5) is 0.237. The summed E-state index contributed by atoms with van der Waals surface area (Å²) >= 11 is 0. The van der Waals surface area contributed by atoms with Gasteiger partial charge in [0, 0.05) is 0 Å². The first kappa shape index (κ1) is 23.6. The molecule has 0 fully saturated rings. The smallest absolute Gasteiger partial charge is 0.261 e. The fourth-order valence-electron chi connectivity index (χ4n) is 4.88. The zero-order valence-corrected chi connectivity index (χ0v) is 20.8. The van der Waals surface area contributed by atoms with Crippen molar-refractivity contribution in [3.63, 3.8) is 0 Å². The third-order valence-electron chi connectivity index (χ3n) is 6.58. The van der Waals surface area contributed by atoms with Gasteiger partial charge in [0.15, 0.2) is 0 Å². The van der Waals surface area contributed by atoms with E-state index in [1.165, 1.54) is 0 Å². The summed E-state index contributed by atoms with van der Waals surface area (Å²) in [6.07, 6.45) is 0. The molecule has 4 heteroatoms. The molecule has 0 aliphatic heterocycles. The van der Waals surface area contributed by atoms with Crippen molar-refractivity contribution in [2.75, 3.05) is 4.72 Å². The number of rotatable bonds is 7. The molecule has 0 saturated heterocycles. The van der Waals surface area contributed by atoms with Crippen LogP contribution in [0.1, 0.15) is 27.8 Å². The van der Waals surface area contributed by atoms with E-state index in [0.29, 0.717) is 5.69 Å². The maximum Gasteiger partial charge on any atom is 0.261 e. The van der Waals surface area contributed by atoms with Crippen molar-refractivity contribution in [2.45, 2.75) is 17.2 Å². The average molecular weight is 490 g/mol. The Morgan fingerprint density at radius 3 is 1.36 bits per heavy atom. The monoisotopic (exact) mass is 489 g/mol. The summed E-state index contributed by atoms with van der Waals surface area (Å²) in [5, 5.41) is 0. The first-order valence-corrected chi connectivity index (χ1v) is 13.4. The number of anilines is 1. The van der Waals surface area contributed by atoms with E-state index in [-0.39, 0.29) is 4.90 Å². The highest BCUT2D eigenvalue weighted by molar-refractivity contribution is 7.92. The normalized spacial score (nSPS) is 11.7. The largest absolute Gasteiger partial charge is 0.279 e. The lowest BCUT2D eigenvalue weighted by molar-refractivity contribution is 0.601. The van der Waals surface area contributed by atoms with E-state index in [4.69, 9.17) is 0 Å². The zero-order valence-electron chi connectivity index (χ0n) is 20.0. The maximum atomic E-state index is 13.0. The van der Waals surface area contributed by atoms with Crippen molar-refractivity contribution in [2.24, 2.45) is 0 Å². The highest BCUT2D eigenvalue weighted by Crippen LogP contribution is 2.45. The molecule has 36 heavy (non-hydrogen) atoms. The summed E-state index contributed by atoms with van der Waals surface area (Å²) in [6, 6.07) is 45.8. The lowest BCUT2D eigenvalue weighted by Crippen LogP contribution is -2.31. The van der Waals surface area contributed by atoms with E-state index in [1.807, 2.05) is 37.3 Å². The van der Waals surface area contributed by atoms with Crippen molar-refractivity contribution < 1.29 is 8.42 Å². The lowest BCUT2D eigenvalue weighted by Gasteiger charge is -2.37. The predicted octanol–water partition coefficient (Wildman–Crippen LogP) is 7.18. The van der Waals surface area contributed by atoms with Crippen LogP contribution in [-0.4, -0.2) is 8.42 Å². The minimum Gasteiger partial charge on any atom is -0.279 e. The van der Waals surface area contributed by atoms with E-state index in [2.05, 4.69) is 83.6 Å². The fourth-order valence-corrected chi connectivity index (χ4v) is 6.03. The summed E-state index contributed by atoms with van der Waals surface area (Å²) in [6.45, 7) is 1.94. The molecule has 178 valence electrons. The summed E-state index contributed by atoms with van der Waals surface area (Å²) < 4.78 is 28.8. The molecule has 0 unspecified atom stereocenters. The molecule has 5 aromatic carbocycles. The Morgan fingerprint density at radius 1 is 0.528 bits per heavy atom. The van der Waals surface area contributed by atoms with Crippen LogP contribution in [0.5, 0.6) is 0 Å². The van der Waals surface area contributed by atoms with Crippen LogP contribution >= 0.6 is 0 Å². The van der Waals surface area contributed by atoms with E-state index in [0.717, 1.165) is 27.8 Å². The highest BCUT2D eigenvalue weighted by atomic mass is 32.2. The van der Waals surface area contributed by atoms with Crippen LogP contribution in [0.15, 0.2) is 144 Å². The van der Waals surface area contributed by atoms with Gasteiger partial charge in [0.1, 0.15) is 0 Å². The Balaban J connectivity index is 1.70. The Kier molecular flexibility index (Phi) is 6.45. The molecule has 0 heterocycles. The van der Waals surface area contributed by atoms with Crippen LogP contribution in [0.25, 0.3) is 0 Å². The Morgan fingerprint density at radius 2 is 0.944 bits per heavy atom. The van der Waals surface area contributed by atoms with Gasteiger partial charge in [-0.15, -0.1) is 0 Å². The van der Waals surface area contributed by atoms with Gasteiger partial charge >= 0.3 is 0 Å². The van der Waals surface area contributed by atoms with Gasteiger partial charge in [-0.2, -0.15) is 0 Å². The second kappa shape index (κ2) is 9.84.